The zero-order chi connectivity index (χ0) is 23.8. The molecule has 1 saturated heterocycles. The molecule has 2 N–H and O–H groups in total. The molecule has 0 spiro atoms. The molecule has 7 heteroatoms. The highest BCUT2D eigenvalue weighted by atomic mass is 32.1. The average Bonchev–Trinajstić information content (AvgIpc) is 3.35. The molecule has 0 unspecified atom stereocenters. The van der Waals surface area contributed by atoms with E-state index in [4.69, 9.17) is 12.2 Å². The zero-order valence-electron chi connectivity index (χ0n) is 18.8. The van der Waals surface area contributed by atoms with Gasteiger partial charge in [0.05, 0.1) is 29.0 Å². The second-order valence-electron chi connectivity index (χ2n) is 8.32. The molecule has 3 heterocycles. The maximum atomic E-state index is 11.9. The van der Waals surface area contributed by atoms with E-state index in [2.05, 4.69) is 21.3 Å². The molecule has 2 aromatic heterocycles. The molecular weight excluding hydrogens is 444 g/mol. The largest absolute Gasteiger partial charge is 0.478 e. The number of nitrogens with one attached hydrogen (secondary N) is 1. The highest BCUT2D eigenvalue weighted by Crippen LogP contribution is 2.43. The number of carboxylic acids is 1. The molecule has 34 heavy (non-hydrogen) atoms. The van der Waals surface area contributed by atoms with Crippen LogP contribution in [-0.2, 0) is 0 Å². The van der Waals surface area contributed by atoms with Crippen molar-refractivity contribution >= 4 is 29.0 Å². The minimum absolute atomic E-state index is 0.165. The Hall–Kier alpha value is -3.97. The summed E-state index contributed by atoms with van der Waals surface area (Å²) in [5.74, 6) is -0.953. The predicted octanol–water partition coefficient (Wildman–Crippen LogP) is 5.36. The number of aromatic carboxylic acids is 1. The first-order chi connectivity index (χ1) is 16.5. The fraction of sp³-hybridized carbons (Fsp3) is 0.148. The fourth-order valence-corrected chi connectivity index (χ4v) is 5.19. The molecule has 0 saturated carbocycles. The van der Waals surface area contributed by atoms with E-state index in [1.807, 2.05) is 79.1 Å². The van der Waals surface area contributed by atoms with Crippen LogP contribution in [0.4, 0.5) is 5.69 Å². The number of carboxylic acid groups (broad SMARTS) is 1. The van der Waals surface area contributed by atoms with Gasteiger partial charge >= 0.3 is 5.97 Å². The molecule has 1 aliphatic rings. The third-order valence-corrected chi connectivity index (χ3v) is 6.61. The Morgan fingerprint density at radius 1 is 1.00 bits per heavy atom. The molecule has 0 amide bonds. The number of para-hydroxylation sites is 2. The van der Waals surface area contributed by atoms with Gasteiger partial charge in [-0.1, -0.05) is 36.4 Å². The normalized spacial score (nSPS) is 17.6. The topological polar surface area (TPSA) is 70.4 Å². The number of benzene rings is 2. The molecule has 5 rings (SSSR count). The molecule has 1 aliphatic heterocycles. The third-order valence-electron chi connectivity index (χ3n) is 6.30. The molecule has 4 aromatic rings. The van der Waals surface area contributed by atoms with Crippen molar-refractivity contribution < 1.29 is 9.90 Å². The molecule has 6 nitrogen and oxygen atoms in total. The summed E-state index contributed by atoms with van der Waals surface area (Å²) in [6, 6.07) is 24.8. The minimum Gasteiger partial charge on any atom is -0.478 e. The van der Waals surface area contributed by atoms with Crippen LogP contribution in [0.25, 0.3) is 5.69 Å². The van der Waals surface area contributed by atoms with Crippen LogP contribution >= 0.6 is 12.2 Å². The SMILES string of the molecule is Cc1cc([C@@H]2[C@H](c3ccccn3)NC(=S)N2c2ccccc2)c(C)n1-c1ccccc1C(=O)O. The minimum atomic E-state index is -0.953. The Morgan fingerprint density at radius 2 is 1.71 bits per heavy atom. The third kappa shape index (κ3) is 3.64. The lowest BCUT2D eigenvalue weighted by molar-refractivity contribution is 0.0697. The van der Waals surface area contributed by atoms with Crippen molar-refractivity contribution in [3.63, 3.8) is 0 Å². The van der Waals surface area contributed by atoms with Gasteiger partial charge in [-0.2, -0.15) is 0 Å². The van der Waals surface area contributed by atoms with Gasteiger partial charge in [-0.05, 0) is 74.1 Å². The van der Waals surface area contributed by atoms with Crippen LogP contribution < -0.4 is 10.2 Å². The van der Waals surface area contributed by atoms with E-state index in [1.165, 1.54) is 0 Å². The van der Waals surface area contributed by atoms with Gasteiger partial charge in [-0.25, -0.2) is 4.79 Å². The summed E-state index contributed by atoms with van der Waals surface area (Å²) in [7, 11) is 0. The van der Waals surface area contributed by atoms with Crippen molar-refractivity contribution in [1.29, 1.82) is 0 Å². The van der Waals surface area contributed by atoms with Crippen molar-refractivity contribution in [3.8, 4) is 5.69 Å². The van der Waals surface area contributed by atoms with Gasteiger partial charge < -0.3 is 19.9 Å². The number of aromatic nitrogens is 2. The van der Waals surface area contributed by atoms with Crippen molar-refractivity contribution in [2.75, 3.05) is 4.90 Å². The number of rotatable bonds is 5. The van der Waals surface area contributed by atoms with Gasteiger partial charge in [0.25, 0.3) is 0 Å². The van der Waals surface area contributed by atoms with Crippen molar-refractivity contribution in [2.24, 2.45) is 0 Å². The van der Waals surface area contributed by atoms with Crippen molar-refractivity contribution in [2.45, 2.75) is 25.9 Å². The molecule has 2 aromatic carbocycles. The van der Waals surface area contributed by atoms with Gasteiger partial charge in [-0.15, -0.1) is 0 Å². The van der Waals surface area contributed by atoms with E-state index in [9.17, 15) is 9.90 Å². The van der Waals surface area contributed by atoms with Gasteiger partial charge in [-0.3, -0.25) is 4.98 Å². The summed E-state index contributed by atoms with van der Waals surface area (Å²) in [4.78, 5) is 18.7. The average molecular weight is 469 g/mol. The molecule has 1 fully saturated rings. The lowest BCUT2D eigenvalue weighted by atomic mass is 9.96. The number of pyridine rings is 1. The number of aryl methyl sites for hydroxylation is 1. The van der Waals surface area contributed by atoms with Gasteiger partial charge in [0.15, 0.2) is 5.11 Å². The van der Waals surface area contributed by atoms with E-state index >= 15 is 0 Å². The van der Waals surface area contributed by atoms with Crippen LogP contribution in [0, 0.1) is 13.8 Å². The summed E-state index contributed by atoms with van der Waals surface area (Å²) in [5.41, 5.74) is 5.76. The van der Waals surface area contributed by atoms with E-state index in [0.29, 0.717) is 10.8 Å². The summed E-state index contributed by atoms with van der Waals surface area (Å²) >= 11 is 5.81. The first kappa shape index (κ1) is 21.9. The second kappa shape index (κ2) is 8.76. The summed E-state index contributed by atoms with van der Waals surface area (Å²) < 4.78 is 2.01. The van der Waals surface area contributed by atoms with E-state index in [1.54, 1.807) is 18.3 Å². The van der Waals surface area contributed by atoms with Crippen LogP contribution in [0.3, 0.4) is 0 Å². The van der Waals surface area contributed by atoms with E-state index in [0.717, 1.165) is 28.3 Å². The number of anilines is 1. The smallest absolute Gasteiger partial charge is 0.337 e. The maximum Gasteiger partial charge on any atom is 0.337 e. The molecular formula is C27H24N4O2S. The van der Waals surface area contributed by atoms with Crippen molar-refractivity contribution in [1.82, 2.24) is 14.9 Å². The van der Waals surface area contributed by atoms with Crippen molar-refractivity contribution in [3.05, 3.63) is 113 Å². The molecule has 2 atom stereocenters. The van der Waals surface area contributed by atoms with Crippen LogP contribution in [0.1, 0.15) is 45.1 Å². The number of nitrogens with zero attached hydrogens (tertiary/aromatic N) is 3. The lowest BCUT2D eigenvalue weighted by Crippen LogP contribution is -2.29. The van der Waals surface area contributed by atoms with E-state index < -0.39 is 5.97 Å². The standard InChI is InChI=1S/C27H24N4O2S/c1-17-16-21(18(2)30(17)23-14-7-6-12-20(23)26(32)33)25-24(22-13-8-9-15-28-22)29-27(34)31(25)19-10-4-3-5-11-19/h3-16,24-25H,1-2H3,(H,29,34)(H,32,33)/t24-,25+/m0/s1. The quantitative estimate of drug-likeness (QED) is 0.384. The number of hydrogen-bond acceptors (Lipinski definition) is 3. The Labute approximate surface area is 203 Å². The first-order valence-corrected chi connectivity index (χ1v) is 11.5. The number of carbonyl (C=O) groups is 1. The Morgan fingerprint density at radius 3 is 2.41 bits per heavy atom. The number of hydrogen-bond donors (Lipinski definition) is 2. The molecule has 170 valence electrons. The molecule has 0 radical (unpaired) electrons. The fourth-order valence-electron chi connectivity index (χ4n) is 4.84. The predicted molar refractivity (Wildman–Crippen MR) is 137 cm³/mol. The molecule has 0 aliphatic carbocycles. The molecule has 0 bridgehead atoms. The lowest BCUT2D eigenvalue weighted by Gasteiger charge is -2.28. The van der Waals surface area contributed by atoms with Gasteiger partial charge in [0.2, 0.25) is 0 Å². The monoisotopic (exact) mass is 468 g/mol. The van der Waals surface area contributed by atoms with Crippen LogP contribution in [-0.4, -0.2) is 25.7 Å². The summed E-state index contributed by atoms with van der Waals surface area (Å²) in [6.07, 6.45) is 1.79. The Balaban J connectivity index is 1.70. The zero-order valence-corrected chi connectivity index (χ0v) is 19.7. The Kier molecular flexibility index (Phi) is 5.63. The maximum absolute atomic E-state index is 11.9. The number of thiocarbonyl (C=S) groups is 1. The summed E-state index contributed by atoms with van der Waals surface area (Å²) in [6.45, 7) is 4.03. The Bertz CT molecular complexity index is 1370. The second-order valence-corrected chi connectivity index (χ2v) is 8.70. The highest BCUT2D eigenvalue weighted by Gasteiger charge is 2.42. The van der Waals surface area contributed by atoms with Crippen LogP contribution in [0.5, 0.6) is 0 Å². The summed E-state index contributed by atoms with van der Waals surface area (Å²) in [5, 5.41) is 13.9. The van der Waals surface area contributed by atoms with Gasteiger partial charge in [0.1, 0.15) is 0 Å². The first-order valence-electron chi connectivity index (χ1n) is 11.0. The van der Waals surface area contributed by atoms with Crippen LogP contribution in [0.15, 0.2) is 85.1 Å². The van der Waals surface area contributed by atoms with Crippen LogP contribution in [0.2, 0.25) is 0 Å². The van der Waals surface area contributed by atoms with Gasteiger partial charge in [0, 0.05) is 23.3 Å². The van der Waals surface area contributed by atoms with E-state index in [-0.39, 0.29) is 17.6 Å². The highest BCUT2D eigenvalue weighted by molar-refractivity contribution is 7.80.